The maximum atomic E-state index is 12.3. The Labute approximate surface area is 115 Å². The van der Waals surface area contributed by atoms with E-state index < -0.39 is 0 Å². The summed E-state index contributed by atoms with van der Waals surface area (Å²) >= 11 is 0. The van der Waals surface area contributed by atoms with Crippen molar-refractivity contribution in [3.63, 3.8) is 0 Å². The molecule has 0 aliphatic carbocycles. The van der Waals surface area contributed by atoms with Crippen LogP contribution >= 0.6 is 0 Å². The standard InChI is InChI=1S/C18H20O/c1-3-4-5-15-8-12-17(13-9-15)18(19)16-10-6-14(2)7-11-16/h6-13H,3-5H2,1-2H3. The first-order valence-electron chi connectivity index (χ1n) is 6.91. The van der Waals surface area contributed by atoms with Gasteiger partial charge in [-0.05, 0) is 25.3 Å². The highest BCUT2D eigenvalue weighted by molar-refractivity contribution is 6.08. The summed E-state index contributed by atoms with van der Waals surface area (Å²) in [6.45, 7) is 4.21. The van der Waals surface area contributed by atoms with Crippen molar-refractivity contribution < 1.29 is 4.79 Å². The molecule has 0 saturated heterocycles. The van der Waals surface area contributed by atoms with Gasteiger partial charge in [-0.15, -0.1) is 0 Å². The van der Waals surface area contributed by atoms with Crippen LogP contribution in [-0.4, -0.2) is 5.78 Å². The van der Waals surface area contributed by atoms with Crippen LogP contribution in [0.5, 0.6) is 0 Å². The first-order chi connectivity index (χ1) is 9.20. The fourth-order valence-electron chi connectivity index (χ4n) is 2.08. The number of carbonyl (C=O) groups is 1. The summed E-state index contributed by atoms with van der Waals surface area (Å²) in [6, 6.07) is 15.7. The zero-order chi connectivity index (χ0) is 13.7. The average molecular weight is 252 g/mol. The average Bonchev–Trinajstić information content (AvgIpc) is 2.46. The lowest BCUT2D eigenvalue weighted by Crippen LogP contribution is -2.01. The van der Waals surface area contributed by atoms with Gasteiger partial charge in [0.05, 0.1) is 0 Å². The van der Waals surface area contributed by atoms with Crippen LogP contribution < -0.4 is 0 Å². The molecule has 0 aromatic heterocycles. The van der Waals surface area contributed by atoms with Crippen LogP contribution in [-0.2, 0) is 6.42 Å². The van der Waals surface area contributed by atoms with E-state index in [0.29, 0.717) is 0 Å². The lowest BCUT2D eigenvalue weighted by Gasteiger charge is -2.04. The second-order valence-corrected chi connectivity index (χ2v) is 5.00. The molecule has 0 N–H and O–H groups in total. The summed E-state index contributed by atoms with van der Waals surface area (Å²) in [5, 5.41) is 0. The quantitative estimate of drug-likeness (QED) is 0.712. The van der Waals surface area contributed by atoms with E-state index in [9.17, 15) is 4.79 Å². The molecule has 0 radical (unpaired) electrons. The third-order valence-electron chi connectivity index (χ3n) is 3.35. The number of hydrogen-bond acceptors (Lipinski definition) is 1. The predicted molar refractivity (Wildman–Crippen MR) is 79.7 cm³/mol. The number of carbonyl (C=O) groups excluding carboxylic acids is 1. The zero-order valence-corrected chi connectivity index (χ0v) is 11.6. The van der Waals surface area contributed by atoms with Gasteiger partial charge in [0, 0.05) is 11.1 Å². The second-order valence-electron chi connectivity index (χ2n) is 5.00. The van der Waals surface area contributed by atoms with Crippen LogP contribution in [0.1, 0.15) is 46.8 Å². The van der Waals surface area contributed by atoms with Crippen molar-refractivity contribution in [3.05, 3.63) is 70.8 Å². The van der Waals surface area contributed by atoms with Crippen molar-refractivity contribution in [2.45, 2.75) is 33.1 Å². The summed E-state index contributed by atoms with van der Waals surface area (Å²) in [7, 11) is 0. The summed E-state index contributed by atoms with van der Waals surface area (Å²) in [6.07, 6.45) is 3.49. The molecule has 1 heteroatoms. The molecule has 2 aromatic carbocycles. The van der Waals surface area contributed by atoms with Gasteiger partial charge in [0.15, 0.2) is 5.78 Å². The van der Waals surface area contributed by atoms with Gasteiger partial charge in [-0.1, -0.05) is 67.4 Å². The van der Waals surface area contributed by atoms with Crippen LogP contribution in [0.3, 0.4) is 0 Å². The normalized spacial score (nSPS) is 10.4. The van der Waals surface area contributed by atoms with E-state index in [1.54, 1.807) is 0 Å². The molecule has 0 fully saturated rings. The van der Waals surface area contributed by atoms with Crippen molar-refractivity contribution in [1.29, 1.82) is 0 Å². The molecule has 2 rings (SSSR count). The van der Waals surface area contributed by atoms with Crippen LogP contribution in [0.15, 0.2) is 48.5 Å². The van der Waals surface area contributed by atoms with E-state index in [1.807, 2.05) is 43.3 Å². The van der Waals surface area contributed by atoms with E-state index in [0.717, 1.165) is 17.5 Å². The van der Waals surface area contributed by atoms with Gasteiger partial charge in [0.1, 0.15) is 0 Å². The van der Waals surface area contributed by atoms with Gasteiger partial charge >= 0.3 is 0 Å². The molecule has 98 valence electrons. The van der Waals surface area contributed by atoms with Crippen molar-refractivity contribution in [3.8, 4) is 0 Å². The Morgan fingerprint density at radius 1 is 0.895 bits per heavy atom. The molecule has 0 bridgehead atoms. The van der Waals surface area contributed by atoms with Gasteiger partial charge in [-0.2, -0.15) is 0 Å². The highest BCUT2D eigenvalue weighted by Crippen LogP contribution is 2.13. The fourth-order valence-corrected chi connectivity index (χ4v) is 2.08. The smallest absolute Gasteiger partial charge is 0.193 e. The largest absolute Gasteiger partial charge is 0.289 e. The molecule has 1 nitrogen and oxygen atoms in total. The summed E-state index contributed by atoms with van der Waals surface area (Å²) in [4.78, 5) is 12.3. The Morgan fingerprint density at radius 2 is 1.42 bits per heavy atom. The molecule has 0 amide bonds. The molecule has 0 aliphatic heterocycles. The lowest BCUT2D eigenvalue weighted by molar-refractivity contribution is 0.103. The first-order valence-corrected chi connectivity index (χ1v) is 6.91. The minimum absolute atomic E-state index is 0.0991. The van der Waals surface area contributed by atoms with Gasteiger partial charge in [-0.3, -0.25) is 4.79 Å². The predicted octanol–water partition coefficient (Wildman–Crippen LogP) is 4.57. The second kappa shape index (κ2) is 6.33. The van der Waals surface area contributed by atoms with E-state index in [4.69, 9.17) is 0 Å². The van der Waals surface area contributed by atoms with E-state index in [1.165, 1.54) is 24.0 Å². The number of ketones is 1. The minimum atomic E-state index is 0.0991. The number of benzene rings is 2. The van der Waals surface area contributed by atoms with Gasteiger partial charge < -0.3 is 0 Å². The van der Waals surface area contributed by atoms with Crippen LogP contribution in [0.2, 0.25) is 0 Å². The summed E-state index contributed by atoms with van der Waals surface area (Å²) in [5.74, 6) is 0.0991. The Kier molecular flexibility index (Phi) is 4.51. The maximum absolute atomic E-state index is 12.3. The van der Waals surface area contributed by atoms with E-state index in [2.05, 4.69) is 19.1 Å². The number of aryl methyl sites for hydroxylation is 2. The van der Waals surface area contributed by atoms with Crippen molar-refractivity contribution in [2.24, 2.45) is 0 Å². The van der Waals surface area contributed by atoms with Crippen molar-refractivity contribution in [1.82, 2.24) is 0 Å². The maximum Gasteiger partial charge on any atom is 0.193 e. The van der Waals surface area contributed by atoms with E-state index >= 15 is 0 Å². The van der Waals surface area contributed by atoms with Crippen molar-refractivity contribution in [2.75, 3.05) is 0 Å². The minimum Gasteiger partial charge on any atom is -0.289 e. The Morgan fingerprint density at radius 3 is 1.95 bits per heavy atom. The Bertz CT molecular complexity index is 535. The fraction of sp³-hybridized carbons (Fsp3) is 0.278. The number of unbranched alkanes of at least 4 members (excludes halogenated alkanes) is 1. The molecular formula is C18H20O. The monoisotopic (exact) mass is 252 g/mol. The number of hydrogen-bond donors (Lipinski definition) is 0. The SMILES string of the molecule is CCCCc1ccc(C(=O)c2ccc(C)cc2)cc1. The summed E-state index contributed by atoms with van der Waals surface area (Å²) < 4.78 is 0. The zero-order valence-electron chi connectivity index (χ0n) is 11.6. The summed E-state index contributed by atoms with van der Waals surface area (Å²) in [5.41, 5.74) is 4.00. The van der Waals surface area contributed by atoms with E-state index in [-0.39, 0.29) is 5.78 Å². The molecule has 0 unspecified atom stereocenters. The number of rotatable bonds is 5. The van der Waals surface area contributed by atoms with Crippen LogP contribution in [0, 0.1) is 6.92 Å². The molecular weight excluding hydrogens is 232 g/mol. The first kappa shape index (κ1) is 13.5. The molecule has 0 heterocycles. The molecule has 2 aromatic rings. The van der Waals surface area contributed by atoms with Gasteiger partial charge in [-0.25, -0.2) is 0 Å². The van der Waals surface area contributed by atoms with Crippen LogP contribution in [0.25, 0.3) is 0 Å². The molecule has 19 heavy (non-hydrogen) atoms. The van der Waals surface area contributed by atoms with Crippen molar-refractivity contribution >= 4 is 5.78 Å². The third-order valence-corrected chi connectivity index (χ3v) is 3.35. The van der Waals surface area contributed by atoms with Gasteiger partial charge in [0.25, 0.3) is 0 Å². The Hall–Kier alpha value is -1.89. The molecule has 0 spiro atoms. The third kappa shape index (κ3) is 3.54. The molecule has 0 saturated carbocycles. The molecule has 0 aliphatic rings. The highest BCUT2D eigenvalue weighted by Gasteiger charge is 2.08. The lowest BCUT2D eigenvalue weighted by atomic mass is 10.00. The highest BCUT2D eigenvalue weighted by atomic mass is 16.1. The Balaban J connectivity index is 2.13. The van der Waals surface area contributed by atoms with Crippen LogP contribution in [0.4, 0.5) is 0 Å². The van der Waals surface area contributed by atoms with Gasteiger partial charge in [0.2, 0.25) is 0 Å². The molecule has 0 atom stereocenters. The topological polar surface area (TPSA) is 17.1 Å².